The first-order valence-corrected chi connectivity index (χ1v) is 10.4. The van der Waals surface area contributed by atoms with Gasteiger partial charge < -0.3 is 9.80 Å². The van der Waals surface area contributed by atoms with E-state index < -0.39 is 0 Å². The van der Waals surface area contributed by atoms with E-state index in [0.717, 1.165) is 32.0 Å². The third-order valence-corrected chi connectivity index (χ3v) is 6.85. The quantitative estimate of drug-likeness (QED) is 0.818. The number of rotatable bonds is 4. The van der Waals surface area contributed by atoms with E-state index in [1.807, 2.05) is 4.90 Å². The molecule has 3 nitrogen and oxygen atoms in total. The van der Waals surface area contributed by atoms with Crippen LogP contribution in [0.3, 0.4) is 0 Å². The summed E-state index contributed by atoms with van der Waals surface area (Å²) in [6.07, 6.45) is 8.65. The van der Waals surface area contributed by atoms with E-state index in [9.17, 15) is 4.79 Å². The highest BCUT2D eigenvalue weighted by molar-refractivity contribution is 5.76. The Morgan fingerprint density at radius 3 is 2.65 bits per heavy atom. The molecule has 0 saturated carbocycles. The number of hydrogen-bond donors (Lipinski definition) is 0. The standard InChI is InChI=1S/C23H32N2O/c1-17-5-4-13-24(17)14-12-19-8-10-20(11-9-19)22-7-3-6-21-15-25(18(2)26)16-23(21)22/h7-11,17,21,23H,3-6,12-16H2,1-2H3/t17-,21?,23?/m0/s1. The van der Waals surface area contributed by atoms with Gasteiger partial charge >= 0.3 is 0 Å². The van der Waals surface area contributed by atoms with Crippen molar-refractivity contribution in [2.24, 2.45) is 11.8 Å². The van der Waals surface area contributed by atoms with Crippen molar-refractivity contribution in [1.82, 2.24) is 9.80 Å². The van der Waals surface area contributed by atoms with Crippen LogP contribution in [0.4, 0.5) is 0 Å². The first-order valence-electron chi connectivity index (χ1n) is 10.4. The van der Waals surface area contributed by atoms with E-state index in [1.54, 1.807) is 6.92 Å². The van der Waals surface area contributed by atoms with Crippen LogP contribution < -0.4 is 0 Å². The Morgan fingerprint density at radius 2 is 1.96 bits per heavy atom. The van der Waals surface area contributed by atoms with Crippen LogP contribution in [-0.4, -0.2) is 47.9 Å². The first-order chi connectivity index (χ1) is 12.6. The molecule has 1 amide bonds. The molecule has 0 N–H and O–H groups in total. The maximum absolute atomic E-state index is 11.8. The Balaban J connectivity index is 1.41. The smallest absolute Gasteiger partial charge is 0.219 e. The van der Waals surface area contributed by atoms with Crippen molar-refractivity contribution in [2.45, 2.75) is 52.0 Å². The molecule has 26 heavy (non-hydrogen) atoms. The molecule has 3 heteroatoms. The van der Waals surface area contributed by atoms with Gasteiger partial charge in [-0.2, -0.15) is 0 Å². The van der Waals surface area contributed by atoms with Crippen molar-refractivity contribution < 1.29 is 4.79 Å². The van der Waals surface area contributed by atoms with Gasteiger partial charge in [0.05, 0.1) is 0 Å². The number of likely N-dealkylation sites (tertiary alicyclic amines) is 2. The summed E-state index contributed by atoms with van der Waals surface area (Å²) in [5.74, 6) is 1.41. The SMILES string of the molecule is CC(=O)N1CC2CCC=C(c3ccc(CCN4CCC[C@@H]4C)cc3)C2C1. The Morgan fingerprint density at radius 1 is 1.15 bits per heavy atom. The van der Waals surface area contributed by atoms with Gasteiger partial charge in [0.2, 0.25) is 5.91 Å². The van der Waals surface area contributed by atoms with Crippen LogP contribution in [-0.2, 0) is 11.2 Å². The highest BCUT2D eigenvalue weighted by Gasteiger charge is 2.37. The molecule has 2 unspecified atom stereocenters. The Kier molecular flexibility index (Phi) is 5.17. The summed E-state index contributed by atoms with van der Waals surface area (Å²) in [4.78, 5) is 16.4. The summed E-state index contributed by atoms with van der Waals surface area (Å²) in [7, 11) is 0. The van der Waals surface area contributed by atoms with Crippen molar-refractivity contribution in [2.75, 3.05) is 26.2 Å². The minimum Gasteiger partial charge on any atom is -0.342 e. The van der Waals surface area contributed by atoms with Gasteiger partial charge in [-0.3, -0.25) is 4.79 Å². The van der Waals surface area contributed by atoms with Gasteiger partial charge in [-0.1, -0.05) is 30.3 Å². The van der Waals surface area contributed by atoms with Gasteiger partial charge in [-0.15, -0.1) is 0 Å². The molecule has 3 atom stereocenters. The summed E-state index contributed by atoms with van der Waals surface area (Å²) >= 11 is 0. The van der Waals surface area contributed by atoms with E-state index in [-0.39, 0.29) is 5.91 Å². The molecule has 1 aromatic carbocycles. The molecule has 0 aromatic heterocycles. The average Bonchev–Trinajstić information content (AvgIpc) is 3.26. The van der Waals surface area contributed by atoms with Crippen molar-refractivity contribution >= 4 is 11.5 Å². The fraction of sp³-hybridized carbons (Fsp3) is 0.609. The van der Waals surface area contributed by atoms with Crippen LogP contribution in [0.5, 0.6) is 0 Å². The predicted octanol–water partition coefficient (Wildman–Crippen LogP) is 3.99. The first kappa shape index (κ1) is 17.8. The maximum Gasteiger partial charge on any atom is 0.219 e. The zero-order valence-electron chi connectivity index (χ0n) is 16.3. The number of allylic oxidation sites excluding steroid dienone is 1. The van der Waals surface area contributed by atoms with Gasteiger partial charge in [0.25, 0.3) is 0 Å². The molecule has 0 spiro atoms. The monoisotopic (exact) mass is 352 g/mol. The van der Waals surface area contributed by atoms with Gasteiger partial charge in [0, 0.05) is 38.5 Å². The van der Waals surface area contributed by atoms with Crippen molar-refractivity contribution in [3.05, 3.63) is 41.5 Å². The normalized spacial score (nSPS) is 28.9. The number of amides is 1. The lowest BCUT2D eigenvalue weighted by Gasteiger charge is -2.26. The third-order valence-electron chi connectivity index (χ3n) is 6.85. The summed E-state index contributed by atoms with van der Waals surface area (Å²) in [6, 6.07) is 10.0. The molecule has 0 bridgehead atoms. The lowest BCUT2D eigenvalue weighted by atomic mass is 9.78. The summed E-state index contributed by atoms with van der Waals surface area (Å²) in [6.45, 7) is 8.36. The van der Waals surface area contributed by atoms with E-state index >= 15 is 0 Å². The molecule has 3 aliphatic rings. The minimum atomic E-state index is 0.227. The molecule has 2 fully saturated rings. The number of nitrogens with zero attached hydrogens (tertiary/aromatic N) is 2. The van der Waals surface area contributed by atoms with E-state index in [4.69, 9.17) is 0 Å². The second-order valence-corrected chi connectivity index (χ2v) is 8.50. The number of fused-ring (bicyclic) bond motifs is 1. The Labute approximate surface area is 158 Å². The topological polar surface area (TPSA) is 23.6 Å². The van der Waals surface area contributed by atoms with Crippen LogP contribution in [0.15, 0.2) is 30.3 Å². The molecular formula is C23H32N2O. The van der Waals surface area contributed by atoms with Crippen LogP contribution in [0.2, 0.25) is 0 Å². The number of carbonyl (C=O) groups is 1. The second-order valence-electron chi connectivity index (χ2n) is 8.50. The fourth-order valence-corrected chi connectivity index (χ4v) is 5.17. The van der Waals surface area contributed by atoms with E-state index in [1.165, 1.54) is 49.1 Å². The molecule has 0 radical (unpaired) electrons. The lowest BCUT2D eigenvalue weighted by molar-refractivity contribution is -0.127. The molecule has 4 rings (SSSR count). The van der Waals surface area contributed by atoms with Crippen LogP contribution in [0.1, 0.15) is 50.7 Å². The number of benzene rings is 1. The highest BCUT2D eigenvalue weighted by Crippen LogP contribution is 2.41. The summed E-state index contributed by atoms with van der Waals surface area (Å²) in [5, 5.41) is 0. The minimum absolute atomic E-state index is 0.227. The van der Waals surface area contributed by atoms with Crippen molar-refractivity contribution in [3.63, 3.8) is 0 Å². The average molecular weight is 353 g/mol. The molecule has 2 aliphatic heterocycles. The Hall–Kier alpha value is -1.61. The van der Waals surface area contributed by atoms with Crippen LogP contribution in [0.25, 0.3) is 5.57 Å². The molecule has 2 saturated heterocycles. The predicted molar refractivity (Wildman–Crippen MR) is 107 cm³/mol. The third kappa shape index (κ3) is 3.59. The lowest BCUT2D eigenvalue weighted by Crippen LogP contribution is -2.28. The fourth-order valence-electron chi connectivity index (χ4n) is 5.17. The Bertz CT molecular complexity index is 678. The molecule has 1 aliphatic carbocycles. The highest BCUT2D eigenvalue weighted by atomic mass is 16.2. The number of hydrogen-bond acceptors (Lipinski definition) is 2. The maximum atomic E-state index is 11.8. The molecule has 140 valence electrons. The van der Waals surface area contributed by atoms with Crippen molar-refractivity contribution in [3.8, 4) is 0 Å². The van der Waals surface area contributed by atoms with E-state index in [0.29, 0.717) is 11.8 Å². The van der Waals surface area contributed by atoms with Crippen molar-refractivity contribution in [1.29, 1.82) is 0 Å². The molecule has 2 heterocycles. The van der Waals surface area contributed by atoms with Crippen LogP contribution in [0, 0.1) is 11.8 Å². The van der Waals surface area contributed by atoms with Gasteiger partial charge in [-0.25, -0.2) is 0 Å². The van der Waals surface area contributed by atoms with Gasteiger partial charge in [-0.05, 0) is 68.2 Å². The van der Waals surface area contributed by atoms with Gasteiger partial charge in [0.1, 0.15) is 0 Å². The molecular weight excluding hydrogens is 320 g/mol. The van der Waals surface area contributed by atoms with Gasteiger partial charge in [0.15, 0.2) is 0 Å². The molecule has 1 aromatic rings. The zero-order chi connectivity index (χ0) is 18.1. The largest absolute Gasteiger partial charge is 0.342 e. The van der Waals surface area contributed by atoms with E-state index in [2.05, 4.69) is 42.2 Å². The number of carbonyl (C=O) groups excluding carboxylic acids is 1. The zero-order valence-corrected chi connectivity index (χ0v) is 16.3. The second kappa shape index (κ2) is 7.56. The van der Waals surface area contributed by atoms with Crippen LogP contribution >= 0.6 is 0 Å². The summed E-state index contributed by atoms with van der Waals surface area (Å²) < 4.78 is 0. The summed E-state index contributed by atoms with van der Waals surface area (Å²) in [5.41, 5.74) is 4.28.